The normalized spacial score (nSPS) is 13.8. The summed E-state index contributed by atoms with van der Waals surface area (Å²) in [5.41, 5.74) is 3.47. The van der Waals surface area contributed by atoms with Gasteiger partial charge in [0, 0.05) is 22.6 Å². The van der Waals surface area contributed by atoms with Gasteiger partial charge in [0.2, 0.25) is 7.57 Å². The number of para-hydroxylation sites is 1. The van der Waals surface area contributed by atoms with Crippen LogP contribution in [0.4, 0.5) is 5.69 Å². The van der Waals surface area contributed by atoms with Gasteiger partial charge in [-0.2, -0.15) is 0 Å². The van der Waals surface area contributed by atoms with Crippen LogP contribution in [0.3, 0.4) is 0 Å². The van der Waals surface area contributed by atoms with Crippen LogP contribution < -0.4 is 4.90 Å². The molecule has 1 aliphatic rings. The Hall–Kier alpha value is -1.69. The number of anilines is 1. The van der Waals surface area contributed by atoms with Gasteiger partial charge in [-0.25, -0.2) is 0 Å². The standard InChI is InChI=1S/C35H50NO5PS2/c1-30(2)16-8-4-6-14-26-43-44-27-15-7-5-13-23-40-42(3,38)41-25-24-39-29-35(37)36-28-33-19-10-9-17-31(33)21-22-32-18-11-12-20-34(32)36/h9-12,17-20,30,38H,3-8,13-16,23-29H2,1-2H3. The van der Waals surface area contributed by atoms with Crippen LogP contribution >= 0.6 is 29.2 Å². The second-order valence-corrected chi connectivity index (χ2v) is 15.9. The van der Waals surface area contributed by atoms with Crippen molar-refractivity contribution in [1.82, 2.24) is 0 Å². The van der Waals surface area contributed by atoms with Crippen molar-refractivity contribution in [3.05, 3.63) is 65.2 Å². The fraction of sp³-hybridized carbons (Fsp3) is 0.543. The van der Waals surface area contributed by atoms with Gasteiger partial charge in [-0.3, -0.25) is 4.79 Å². The van der Waals surface area contributed by atoms with Crippen LogP contribution in [0.5, 0.6) is 0 Å². The predicted octanol–water partition coefficient (Wildman–Crippen LogP) is 8.72. The summed E-state index contributed by atoms with van der Waals surface area (Å²) in [5, 5.41) is 0. The first-order chi connectivity index (χ1) is 21.4. The molecule has 0 saturated heterocycles. The molecule has 6 nitrogen and oxygen atoms in total. The van der Waals surface area contributed by atoms with Crippen molar-refractivity contribution >= 4 is 47.0 Å². The monoisotopic (exact) mass is 659 g/mol. The summed E-state index contributed by atoms with van der Waals surface area (Å²) in [4.78, 5) is 25.3. The Morgan fingerprint density at radius 2 is 1.48 bits per heavy atom. The lowest BCUT2D eigenvalue weighted by Crippen LogP contribution is -2.35. The van der Waals surface area contributed by atoms with Crippen LogP contribution in [0.2, 0.25) is 0 Å². The molecule has 1 heterocycles. The minimum absolute atomic E-state index is 0.0960. The Kier molecular flexibility index (Phi) is 17.7. The molecule has 0 bridgehead atoms. The summed E-state index contributed by atoms with van der Waals surface area (Å²) in [6, 6.07) is 15.5. The number of unbranched alkanes of at least 4 members (excludes halogenated alkanes) is 6. The number of carbonyl (C=O) groups is 1. The molecular formula is C35H50NO5PS2. The number of rotatable bonds is 22. The van der Waals surface area contributed by atoms with Gasteiger partial charge in [-0.05, 0) is 55.2 Å². The smallest absolute Gasteiger partial charge is 0.253 e. The van der Waals surface area contributed by atoms with Gasteiger partial charge < -0.3 is 23.6 Å². The maximum atomic E-state index is 13.2. The van der Waals surface area contributed by atoms with E-state index in [1.807, 2.05) is 70.1 Å². The summed E-state index contributed by atoms with van der Waals surface area (Å²) in [5.74, 6) is 9.52. The number of hydrogen-bond donors (Lipinski definition) is 1. The second kappa shape index (κ2) is 21.2. The third-order valence-electron chi connectivity index (χ3n) is 7.18. The predicted molar refractivity (Wildman–Crippen MR) is 190 cm³/mol. The Morgan fingerprint density at radius 3 is 2.23 bits per heavy atom. The van der Waals surface area contributed by atoms with E-state index in [1.54, 1.807) is 4.90 Å². The van der Waals surface area contributed by atoms with Gasteiger partial charge in [0.1, 0.15) is 6.61 Å². The molecule has 0 saturated carbocycles. The molecule has 3 rings (SSSR count). The summed E-state index contributed by atoms with van der Waals surface area (Å²) in [7, 11) is 0.836. The minimum Gasteiger partial charge on any atom is -0.369 e. The number of nitrogens with zero attached hydrogens (tertiary/aromatic N) is 1. The number of ether oxygens (including phenoxy) is 1. The van der Waals surface area contributed by atoms with Crippen molar-refractivity contribution in [3.8, 4) is 11.8 Å². The zero-order chi connectivity index (χ0) is 31.5. The number of fused-ring (bicyclic) bond motifs is 2. The molecule has 0 aliphatic carbocycles. The first kappa shape index (κ1) is 36.8. The lowest BCUT2D eigenvalue weighted by Gasteiger charge is -2.26. The number of benzene rings is 2. The number of hydrogen-bond acceptors (Lipinski definition) is 7. The van der Waals surface area contributed by atoms with Gasteiger partial charge in [0.05, 0.1) is 32.1 Å². The zero-order valence-electron chi connectivity index (χ0n) is 26.5. The highest BCUT2D eigenvalue weighted by molar-refractivity contribution is 8.76. The van der Waals surface area contributed by atoms with Crippen molar-refractivity contribution in [2.24, 2.45) is 5.92 Å². The van der Waals surface area contributed by atoms with Crippen LogP contribution in [0.25, 0.3) is 0 Å². The highest BCUT2D eigenvalue weighted by atomic mass is 33.1. The molecular weight excluding hydrogens is 609 g/mol. The highest BCUT2D eigenvalue weighted by Gasteiger charge is 2.21. The minimum atomic E-state index is -3.16. The van der Waals surface area contributed by atoms with E-state index in [1.165, 1.54) is 50.0 Å². The van der Waals surface area contributed by atoms with E-state index in [0.29, 0.717) is 13.2 Å². The number of carbonyl (C=O) groups excluding carboxylic acids is 1. The molecule has 1 atom stereocenters. The zero-order valence-corrected chi connectivity index (χ0v) is 29.0. The van der Waals surface area contributed by atoms with E-state index in [2.05, 4.69) is 32.0 Å². The first-order valence-corrected chi connectivity index (χ1v) is 20.2. The largest absolute Gasteiger partial charge is 0.369 e. The third-order valence-corrected chi connectivity index (χ3v) is 10.9. The molecule has 9 heteroatoms. The lowest BCUT2D eigenvalue weighted by atomic mass is 10.0. The van der Waals surface area contributed by atoms with Crippen LogP contribution in [0.1, 0.15) is 88.3 Å². The highest BCUT2D eigenvalue weighted by Crippen LogP contribution is 2.42. The fourth-order valence-electron chi connectivity index (χ4n) is 4.73. The van der Waals surface area contributed by atoms with Crippen molar-refractivity contribution in [3.63, 3.8) is 0 Å². The molecule has 1 aliphatic heterocycles. The van der Waals surface area contributed by atoms with Gasteiger partial charge >= 0.3 is 0 Å². The molecule has 0 radical (unpaired) electrons. The van der Waals surface area contributed by atoms with E-state index < -0.39 is 7.57 Å². The molecule has 0 aromatic heterocycles. The molecule has 1 unspecified atom stereocenters. The molecule has 0 spiro atoms. The van der Waals surface area contributed by atoms with E-state index in [0.717, 1.165) is 47.6 Å². The fourth-order valence-corrected chi connectivity index (χ4v) is 7.87. The maximum absolute atomic E-state index is 13.2. The first-order valence-electron chi connectivity index (χ1n) is 15.9. The molecule has 1 N–H and O–H groups in total. The quantitative estimate of drug-likeness (QED) is 0.0587. The second-order valence-electron chi connectivity index (χ2n) is 11.4. The van der Waals surface area contributed by atoms with Gasteiger partial charge in [0.25, 0.3) is 5.91 Å². The number of amides is 1. The molecule has 2 aromatic rings. The Bertz CT molecular complexity index is 1240. The lowest BCUT2D eigenvalue weighted by molar-refractivity contribution is -0.123. The van der Waals surface area contributed by atoms with E-state index in [4.69, 9.17) is 13.8 Å². The van der Waals surface area contributed by atoms with Crippen LogP contribution in [-0.2, 0) is 25.1 Å². The molecule has 1 amide bonds. The SMILES string of the molecule is C=P(O)(OCCCCCCSSCCCCCCC(C)C)OCCOCC(=O)N1Cc2ccccc2C#Cc2ccccc21. The van der Waals surface area contributed by atoms with Gasteiger partial charge in [-0.15, -0.1) is 0 Å². The Balaban J connectivity index is 1.22. The molecule has 2 aromatic carbocycles. The van der Waals surface area contributed by atoms with Crippen molar-refractivity contribution < 1.29 is 23.5 Å². The Morgan fingerprint density at radius 1 is 0.864 bits per heavy atom. The maximum Gasteiger partial charge on any atom is 0.253 e. The van der Waals surface area contributed by atoms with E-state index in [-0.39, 0.29) is 25.7 Å². The van der Waals surface area contributed by atoms with Gasteiger partial charge in [0.15, 0.2) is 0 Å². The van der Waals surface area contributed by atoms with E-state index >= 15 is 0 Å². The molecule has 0 fully saturated rings. The molecule has 242 valence electrons. The Labute approximate surface area is 273 Å². The van der Waals surface area contributed by atoms with Crippen LogP contribution in [-0.4, -0.2) is 55.0 Å². The summed E-state index contributed by atoms with van der Waals surface area (Å²) >= 11 is 0. The molecule has 44 heavy (non-hydrogen) atoms. The summed E-state index contributed by atoms with van der Waals surface area (Å²) in [6.45, 7) is 5.56. The van der Waals surface area contributed by atoms with Crippen molar-refractivity contribution in [1.29, 1.82) is 0 Å². The average molecular weight is 660 g/mol. The summed E-state index contributed by atoms with van der Waals surface area (Å²) < 4.78 is 16.6. The summed E-state index contributed by atoms with van der Waals surface area (Å²) in [6.07, 6.45) is 14.8. The third kappa shape index (κ3) is 14.6. The van der Waals surface area contributed by atoms with Crippen molar-refractivity contribution in [2.75, 3.05) is 42.8 Å². The van der Waals surface area contributed by atoms with Crippen LogP contribution in [0, 0.1) is 17.8 Å². The van der Waals surface area contributed by atoms with Crippen LogP contribution in [0.15, 0.2) is 48.5 Å². The average Bonchev–Trinajstić information content (AvgIpc) is 2.99. The van der Waals surface area contributed by atoms with Gasteiger partial charge in [-0.1, -0.05) is 116 Å². The van der Waals surface area contributed by atoms with Crippen molar-refractivity contribution in [2.45, 2.75) is 78.2 Å². The van der Waals surface area contributed by atoms with E-state index in [9.17, 15) is 9.69 Å². The topological polar surface area (TPSA) is 68.2 Å².